The van der Waals surface area contributed by atoms with Crippen LogP contribution in [0.15, 0.2) is 35.4 Å². The molecule has 1 aliphatic heterocycles. The highest BCUT2D eigenvalue weighted by Gasteiger charge is 2.36. The Balaban J connectivity index is 1.43. The predicted molar refractivity (Wildman–Crippen MR) is 143 cm³/mol. The van der Waals surface area contributed by atoms with E-state index in [9.17, 15) is 13.2 Å². The Hall–Kier alpha value is -2.21. The van der Waals surface area contributed by atoms with E-state index in [1.807, 2.05) is 24.5 Å². The minimum absolute atomic E-state index is 0.0584. The van der Waals surface area contributed by atoms with Crippen LogP contribution in [0.1, 0.15) is 18.4 Å². The number of benzene rings is 1. The van der Waals surface area contributed by atoms with Crippen molar-refractivity contribution in [2.75, 3.05) is 55.0 Å². The summed E-state index contributed by atoms with van der Waals surface area (Å²) in [7, 11) is 2.10. The summed E-state index contributed by atoms with van der Waals surface area (Å²) < 4.78 is 41.6. The van der Waals surface area contributed by atoms with Gasteiger partial charge >= 0.3 is 6.18 Å². The number of aromatic nitrogens is 2. The maximum absolute atomic E-state index is 13.9. The minimum atomic E-state index is -4.58. The topological polar surface area (TPSA) is 56.3 Å². The van der Waals surface area contributed by atoms with Crippen LogP contribution in [0, 0.1) is 0 Å². The highest BCUT2D eigenvalue weighted by molar-refractivity contribution is 7.99. The number of thiophene rings is 1. The van der Waals surface area contributed by atoms with Gasteiger partial charge in [0, 0.05) is 49.0 Å². The van der Waals surface area contributed by atoms with E-state index >= 15 is 0 Å². The molecule has 1 saturated heterocycles. The van der Waals surface area contributed by atoms with Crippen LogP contribution in [0.4, 0.5) is 35.5 Å². The number of halogens is 4. The fraction of sp³-hybridized carbons (Fsp3) is 0.417. The Morgan fingerprint density at radius 3 is 2.53 bits per heavy atom. The summed E-state index contributed by atoms with van der Waals surface area (Å²) in [5.74, 6) is 0.0584. The number of hydrogen-bond acceptors (Lipinski definition) is 8. The molecule has 0 atom stereocenters. The van der Waals surface area contributed by atoms with Crippen molar-refractivity contribution in [1.29, 1.82) is 0 Å². The molecule has 6 nitrogen and oxygen atoms in total. The lowest BCUT2D eigenvalue weighted by atomic mass is 10.2. The fourth-order valence-electron chi connectivity index (χ4n) is 3.98. The first-order valence-electron chi connectivity index (χ1n) is 11.6. The van der Waals surface area contributed by atoms with E-state index in [0.717, 1.165) is 60.8 Å². The summed E-state index contributed by atoms with van der Waals surface area (Å²) in [6.45, 7) is 3.75. The highest BCUT2D eigenvalue weighted by Crippen LogP contribution is 2.45. The van der Waals surface area contributed by atoms with Gasteiger partial charge in [0.2, 0.25) is 5.95 Å². The molecule has 1 saturated carbocycles. The van der Waals surface area contributed by atoms with Gasteiger partial charge in [-0.1, -0.05) is 11.6 Å². The zero-order chi connectivity index (χ0) is 25.4. The van der Waals surface area contributed by atoms with Crippen molar-refractivity contribution in [3.8, 4) is 10.6 Å². The molecule has 2 aromatic heterocycles. The number of alkyl halides is 3. The van der Waals surface area contributed by atoms with Gasteiger partial charge in [0.05, 0.1) is 21.3 Å². The van der Waals surface area contributed by atoms with Gasteiger partial charge < -0.3 is 20.4 Å². The number of likely N-dealkylation sites (N-methyl/N-ethyl adjacent to an activating group) is 1. The minimum Gasteiger partial charge on any atom is -0.373 e. The van der Waals surface area contributed by atoms with Crippen molar-refractivity contribution in [3.05, 3.63) is 41.0 Å². The van der Waals surface area contributed by atoms with Gasteiger partial charge in [-0.2, -0.15) is 13.2 Å². The van der Waals surface area contributed by atoms with Crippen molar-refractivity contribution in [2.45, 2.75) is 30.0 Å². The maximum Gasteiger partial charge on any atom is 0.420 e. The molecule has 0 spiro atoms. The second kappa shape index (κ2) is 10.3. The molecular formula is C24H26ClF3N6S2. The number of rotatable bonds is 7. The van der Waals surface area contributed by atoms with Crippen LogP contribution in [-0.4, -0.2) is 60.4 Å². The zero-order valence-corrected chi connectivity index (χ0v) is 22.2. The number of piperazine rings is 1. The van der Waals surface area contributed by atoms with Crippen LogP contribution < -0.4 is 15.5 Å². The maximum atomic E-state index is 13.9. The summed E-state index contributed by atoms with van der Waals surface area (Å²) in [6, 6.07) is 7.78. The molecular weight excluding hydrogens is 529 g/mol. The Bertz CT molecular complexity index is 1240. The van der Waals surface area contributed by atoms with E-state index in [4.69, 9.17) is 11.6 Å². The van der Waals surface area contributed by atoms with Crippen molar-refractivity contribution in [3.63, 3.8) is 0 Å². The van der Waals surface area contributed by atoms with Crippen LogP contribution in [0.5, 0.6) is 0 Å². The fourth-order valence-corrected chi connectivity index (χ4v) is 6.17. The third-order valence-electron chi connectivity index (χ3n) is 6.23. The average Bonchev–Trinajstić information content (AvgIpc) is 3.57. The van der Waals surface area contributed by atoms with Gasteiger partial charge in [-0.3, -0.25) is 0 Å². The third-order valence-corrected chi connectivity index (χ3v) is 8.50. The Labute approximate surface area is 221 Å². The van der Waals surface area contributed by atoms with E-state index in [2.05, 4.69) is 37.4 Å². The molecule has 1 aliphatic carbocycles. The first-order valence-corrected chi connectivity index (χ1v) is 14.0. The smallest absolute Gasteiger partial charge is 0.373 e. The van der Waals surface area contributed by atoms with Crippen molar-refractivity contribution in [1.82, 2.24) is 14.9 Å². The molecule has 2 N–H and O–H groups in total. The van der Waals surface area contributed by atoms with Crippen LogP contribution in [0.2, 0.25) is 5.02 Å². The van der Waals surface area contributed by atoms with E-state index in [1.165, 1.54) is 23.1 Å². The molecule has 0 bridgehead atoms. The lowest BCUT2D eigenvalue weighted by Gasteiger charge is -2.34. The molecule has 0 radical (unpaired) electrons. The quantitative estimate of drug-likeness (QED) is 0.316. The van der Waals surface area contributed by atoms with Gasteiger partial charge in [-0.15, -0.1) is 23.1 Å². The molecule has 192 valence electrons. The molecule has 2 fully saturated rings. The summed E-state index contributed by atoms with van der Waals surface area (Å²) >= 11 is 9.33. The molecule has 36 heavy (non-hydrogen) atoms. The van der Waals surface area contributed by atoms with Gasteiger partial charge in [0.1, 0.15) is 10.6 Å². The normalized spacial score (nSPS) is 16.9. The zero-order valence-electron chi connectivity index (χ0n) is 19.8. The SMILES string of the molecule is CSc1cc(-c2nc(Nc3ccc(N4CCN(C)CC4)cc3Cl)ncc2C(F)(F)F)sc1NC1CC1. The lowest BCUT2D eigenvalue weighted by molar-refractivity contribution is -0.137. The van der Waals surface area contributed by atoms with E-state index in [-0.39, 0.29) is 11.6 Å². The molecule has 1 aromatic carbocycles. The van der Waals surface area contributed by atoms with E-state index in [1.54, 1.807) is 6.07 Å². The van der Waals surface area contributed by atoms with Gasteiger partial charge in [-0.05, 0) is 50.4 Å². The van der Waals surface area contributed by atoms with Gasteiger partial charge in [0.25, 0.3) is 0 Å². The first kappa shape index (κ1) is 25.4. The summed E-state index contributed by atoms with van der Waals surface area (Å²) in [4.78, 5) is 14.2. The monoisotopic (exact) mass is 554 g/mol. The predicted octanol–water partition coefficient (Wildman–Crippen LogP) is 6.67. The first-order chi connectivity index (χ1) is 17.2. The number of nitrogens with zero attached hydrogens (tertiary/aromatic N) is 4. The standard InChI is InChI=1S/C24H26ClF3N6S2/c1-33-7-9-34(10-8-33)15-5-6-18(17(25)11-15)31-23-29-13-16(24(26,27)28)21(32-23)19-12-20(35-2)22(36-19)30-14-3-4-14/h5-6,11-14,30H,3-4,7-10H2,1-2H3,(H,29,31,32). The van der Waals surface area contributed by atoms with Crippen LogP contribution in [-0.2, 0) is 6.18 Å². The largest absolute Gasteiger partial charge is 0.420 e. The second-order valence-electron chi connectivity index (χ2n) is 8.96. The van der Waals surface area contributed by atoms with E-state index in [0.29, 0.717) is 21.6 Å². The number of hydrogen-bond donors (Lipinski definition) is 2. The molecule has 0 unspecified atom stereocenters. The van der Waals surface area contributed by atoms with Gasteiger partial charge in [0.15, 0.2) is 0 Å². The molecule has 3 aromatic rings. The number of nitrogens with one attached hydrogen (secondary N) is 2. The van der Waals surface area contributed by atoms with Crippen LogP contribution >= 0.6 is 34.7 Å². The highest BCUT2D eigenvalue weighted by atomic mass is 35.5. The van der Waals surface area contributed by atoms with Crippen molar-refractivity contribution in [2.24, 2.45) is 0 Å². The lowest BCUT2D eigenvalue weighted by Crippen LogP contribution is -2.44. The van der Waals surface area contributed by atoms with E-state index < -0.39 is 11.7 Å². The van der Waals surface area contributed by atoms with Crippen LogP contribution in [0.3, 0.4) is 0 Å². The Morgan fingerprint density at radius 1 is 1.14 bits per heavy atom. The molecule has 2 aliphatic rings. The second-order valence-corrected chi connectivity index (χ2v) is 11.3. The average molecular weight is 555 g/mol. The number of anilines is 4. The molecule has 5 rings (SSSR count). The molecule has 0 amide bonds. The third kappa shape index (κ3) is 5.69. The summed E-state index contributed by atoms with van der Waals surface area (Å²) in [6.07, 6.45) is 0.317. The summed E-state index contributed by atoms with van der Waals surface area (Å²) in [5, 5.41) is 7.76. The summed E-state index contributed by atoms with van der Waals surface area (Å²) in [5.41, 5.74) is 0.532. The Morgan fingerprint density at radius 2 is 1.89 bits per heavy atom. The van der Waals surface area contributed by atoms with Gasteiger partial charge in [-0.25, -0.2) is 9.97 Å². The van der Waals surface area contributed by atoms with Crippen LogP contribution in [0.25, 0.3) is 10.6 Å². The van der Waals surface area contributed by atoms with Crippen molar-refractivity contribution < 1.29 is 13.2 Å². The Kier molecular flexibility index (Phi) is 7.26. The number of thioether (sulfide) groups is 1. The van der Waals surface area contributed by atoms with Crippen molar-refractivity contribution >= 4 is 57.0 Å². The molecule has 3 heterocycles. The molecule has 12 heteroatoms.